The van der Waals surface area contributed by atoms with Crippen LogP contribution in [0.4, 0.5) is 24.8 Å². The van der Waals surface area contributed by atoms with Gasteiger partial charge in [0.1, 0.15) is 5.69 Å². The number of anilines is 2. The first-order valence-corrected chi connectivity index (χ1v) is 15.1. The van der Waals surface area contributed by atoms with E-state index in [9.17, 15) is 17.2 Å². The lowest BCUT2D eigenvalue weighted by Gasteiger charge is -2.34. The van der Waals surface area contributed by atoms with E-state index in [-0.39, 0.29) is 11.9 Å². The van der Waals surface area contributed by atoms with Crippen molar-refractivity contribution >= 4 is 21.7 Å². The van der Waals surface area contributed by atoms with Crippen LogP contribution in [0.15, 0.2) is 67.0 Å². The number of sulfonamides is 1. The maximum atomic E-state index is 15.1. The Bertz CT molecular complexity index is 1690. The van der Waals surface area contributed by atoms with E-state index in [1.807, 2.05) is 14.1 Å². The molecule has 2 aromatic heterocycles. The first-order chi connectivity index (χ1) is 20.6. The number of hydrogen-bond donors (Lipinski definition) is 3. The SMILES string of the molecule is CN(C)[C@H]1CC[C@H](Nc2nccc(-c3cccnc3Oc3cc(F)c(NS(=O)(=O)Cc4ccccc4)c(F)c3F)n2)CN1. The largest absolute Gasteiger partial charge is 0.435 e. The van der Waals surface area contributed by atoms with Gasteiger partial charge in [-0.3, -0.25) is 14.9 Å². The Kier molecular flexibility index (Phi) is 9.08. The predicted octanol–water partition coefficient (Wildman–Crippen LogP) is 4.74. The number of benzene rings is 2. The molecule has 0 unspecified atom stereocenters. The fourth-order valence-electron chi connectivity index (χ4n) is 4.66. The molecule has 0 bridgehead atoms. The molecule has 0 radical (unpaired) electrons. The van der Waals surface area contributed by atoms with Crippen molar-refractivity contribution < 1.29 is 26.3 Å². The summed E-state index contributed by atoms with van der Waals surface area (Å²) in [7, 11) is -0.228. The number of pyridine rings is 1. The Labute approximate surface area is 247 Å². The zero-order valence-corrected chi connectivity index (χ0v) is 24.2. The average Bonchev–Trinajstić information content (AvgIpc) is 2.99. The van der Waals surface area contributed by atoms with Crippen LogP contribution in [0.5, 0.6) is 11.6 Å². The van der Waals surface area contributed by atoms with Gasteiger partial charge in [0, 0.05) is 31.0 Å². The summed E-state index contributed by atoms with van der Waals surface area (Å²) < 4.78 is 77.4. The van der Waals surface area contributed by atoms with Crippen LogP contribution < -0.4 is 20.1 Å². The van der Waals surface area contributed by atoms with Crippen molar-refractivity contribution in [3.63, 3.8) is 0 Å². The summed E-state index contributed by atoms with van der Waals surface area (Å²) in [6.07, 6.45) is 5.04. The van der Waals surface area contributed by atoms with E-state index in [2.05, 4.69) is 30.5 Å². The number of halogens is 3. The summed E-state index contributed by atoms with van der Waals surface area (Å²) in [4.78, 5) is 15.1. The Balaban J connectivity index is 1.34. The molecule has 4 aromatic rings. The lowest BCUT2D eigenvalue weighted by Crippen LogP contribution is -2.50. The van der Waals surface area contributed by atoms with E-state index >= 15 is 4.39 Å². The predicted molar refractivity (Wildman–Crippen MR) is 156 cm³/mol. The third-order valence-corrected chi connectivity index (χ3v) is 8.07. The van der Waals surface area contributed by atoms with Gasteiger partial charge in [0.25, 0.3) is 0 Å². The summed E-state index contributed by atoms with van der Waals surface area (Å²) >= 11 is 0. The van der Waals surface area contributed by atoms with E-state index in [0.717, 1.165) is 12.8 Å². The fourth-order valence-corrected chi connectivity index (χ4v) is 5.87. The van der Waals surface area contributed by atoms with Crippen LogP contribution in [0.1, 0.15) is 18.4 Å². The Morgan fingerprint density at radius 3 is 2.51 bits per heavy atom. The van der Waals surface area contributed by atoms with Gasteiger partial charge in [0.15, 0.2) is 17.4 Å². The molecule has 3 N–H and O–H groups in total. The molecule has 10 nitrogen and oxygen atoms in total. The highest BCUT2D eigenvalue weighted by Crippen LogP contribution is 2.36. The van der Waals surface area contributed by atoms with Gasteiger partial charge in [-0.25, -0.2) is 32.2 Å². The van der Waals surface area contributed by atoms with Crippen LogP contribution in [0.25, 0.3) is 11.3 Å². The van der Waals surface area contributed by atoms with Crippen molar-refractivity contribution in [3.05, 3.63) is 90.0 Å². The van der Waals surface area contributed by atoms with Crippen molar-refractivity contribution in [2.45, 2.75) is 30.8 Å². The van der Waals surface area contributed by atoms with Gasteiger partial charge in [-0.1, -0.05) is 30.3 Å². The van der Waals surface area contributed by atoms with E-state index in [1.54, 1.807) is 41.1 Å². The molecule has 1 aliphatic rings. The van der Waals surface area contributed by atoms with Gasteiger partial charge < -0.3 is 10.1 Å². The van der Waals surface area contributed by atoms with Crippen LogP contribution in [-0.4, -0.2) is 61.1 Å². The number of aromatic nitrogens is 3. The quantitative estimate of drug-likeness (QED) is 0.218. The van der Waals surface area contributed by atoms with Crippen LogP contribution >= 0.6 is 0 Å². The van der Waals surface area contributed by atoms with E-state index in [0.29, 0.717) is 41.5 Å². The van der Waals surface area contributed by atoms with Crippen molar-refractivity contribution in [1.29, 1.82) is 0 Å². The Hall–Kier alpha value is -4.27. The highest BCUT2D eigenvalue weighted by molar-refractivity contribution is 7.91. The molecular weight excluding hydrogens is 583 g/mol. The van der Waals surface area contributed by atoms with E-state index in [4.69, 9.17) is 4.74 Å². The van der Waals surface area contributed by atoms with Crippen molar-refractivity contribution in [3.8, 4) is 22.9 Å². The summed E-state index contributed by atoms with van der Waals surface area (Å²) in [5.74, 6) is -5.91. The number of ether oxygens (including phenoxy) is 1. The smallest absolute Gasteiger partial charge is 0.237 e. The molecule has 1 fully saturated rings. The standard InChI is InChI=1S/C29H30F3N7O3S/c1-39(2)24-11-10-19(16-35-24)36-29-34-14-12-22(37-29)20-9-6-13-33-28(20)42-23-15-21(30)27(26(32)25(23)31)38-43(40,41)17-18-7-4-3-5-8-18/h3-9,12-15,19,24,35,38H,10-11,16-17H2,1-2H3,(H,34,36,37)/t19-,24-/m0/s1. The van der Waals surface area contributed by atoms with Gasteiger partial charge in [-0.2, -0.15) is 4.39 Å². The second kappa shape index (κ2) is 12.9. The monoisotopic (exact) mass is 613 g/mol. The van der Waals surface area contributed by atoms with Gasteiger partial charge in [0.05, 0.1) is 23.2 Å². The first kappa shape index (κ1) is 30.2. The number of hydrogen-bond acceptors (Lipinski definition) is 9. The van der Waals surface area contributed by atoms with Crippen LogP contribution in [0.3, 0.4) is 0 Å². The van der Waals surface area contributed by atoms with Crippen LogP contribution in [0.2, 0.25) is 0 Å². The molecular formula is C29H30F3N7O3S. The highest BCUT2D eigenvalue weighted by Gasteiger charge is 2.26. The second-order valence-electron chi connectivity index (χ2n) is 10.2. The lowest BCUT2D eigenvalue weighted by molar-refractivity contribution is 0.198. The minimum absolute atomic E-state index is 0.0970. The molecule has 226 valence electrons. The van der Waals surface area contributed by atoms with E-state index in [1.165, 1.54) is 24.5 Å². The summed E-state index contributed by atoms with van der Waals surface area (Å²) in [5, 5.41) is 6.76. The minimum atomic E-state index is -4.26. The molecule has 0 saturated carbocycles. The zero-order chi connectivity index (χ0) is 30.6. The molecule has 2 aromatic carbocycles. The third-order valence-electron chi connectivity index (χ3n) is 6.84. The molecule has 43 heavy (non-hydrogen) atoms. The van der Waals surface area contributed by atoms with Gasteiger partial charge in [-0.15, -0.1) is 0 Å². The number of rotatable bonds is 10. The zero-order valence-electron chi connectivity index (χ0n) is 23.4. The number of nitrogens with one attached hydrogen (secondary N) is 3. The molecule has 14 heteroatoms. The topological polar surface area (TPSA) is 121 Å². The van der Waals surface area contributed by atoms with Gasteiger partial charge in [0.2, 0.25) is 27.7 Å². The minimum Gasteiger partial charge on any atom is -0.435 e. The fraction of sp³-hybridized carbons (Fsp3) is 0.276. The summed E-state index contributed by atoms with van der Waals surface area (Å²) in [6.45, 7) is 0.715. The van der Waals surface area contributed by atoms with Crippen molar-refractivity contribution in [2.75, 3.05) is 30.7 Å². The second-order valence-corrected chi connectivity index (χ2v) is 12.0. The van der Waals surface area contributed by atoms with Gasteiger partial charge >= 0.3 is 0 Å². The third kappa shape index (κ3) is 7.39. The Morgan fingerprint density at radius 1 is 1.00 bits per heavy atom. The maximum Gasteiger partial charge on any atom is 0.237 e. The number of nitrogens with zero attached hydrogens (tertiary/aromatic N) is 4. The molecule has 0 amide bonds. The summed E-state index contributed by atoms with van der Waals surface area (Å²) in [6, 6.07) is 13.5. The maximum absolute atomic E-state index is 15.1. The first-order valence-electron chi connectivity index (χ1n) is 13.4. The van der Waals surface area contributed by atoms with Crippen LogP contribution in [0, 0.1) is 17.5 Å². The Morgan fingerprint density at radius 2 is 1.79 bits per heavy atom. The molecule has 1 saturated heterocycles. The van der Waals surface area contributed by atoms with Crippen molar-refractivity contribution in [1.82, 2.24) is 25.2 Å². The molecule has 5 rings (SSSR count). The van der Waals surface area contributed by atoms with Gasteiger partial charge in [-0.05, 0) is 50.7 Å². The molecule has 0 aliphatic carbocycles. The molecule has 2 atom stereocenters. The summed E-state index contributed by atoms with van der Waals surface area (Å²) in [5.41, 5.74) is -0.0737. The molecule has 0 spiro atoms. The lowest BCUT2D eigenvalue weighted by atomic mass is 10.0. The van der Waals surface area contributed by atoms with Crippen LogP contribution in [-0.2, 0) is 15.8 Å². The number of piperidine rings is 1. The van der Waals surface area contributed by atoms with E-state index < -0.39 is 44.7 Å². The molecule has 1 aliphatic heterocycles. The highest BCUT2D eigenvalue weighted by atomic mass is 32.2. The molecule has 3 heterocycles. The van der Waals surface area contributed by atoms with Crippen molar-refractivity contribution in [2.24, 2.45) is 0 Å². The average molecular weight is 614 g/mol. The normalized spacial score (nSPS) is 17.1.